The van der Waals surface area contributed by atoms with E-state index in [1.807, 2.05) is 11.0 Å². The number of hydrogen-bond donors (Lipinski definition) is 0. The van der Waals surface area contributed by atoms with Gasteiger partial charge in [-0.3, -0.25) is 9.69 Å². The van der Waals surface area contributed by atoms with Gasteiger partial charge >= 0.3 is 0 Å². The Morgan fingerprint density at radius 3 is 2.62 bits per heavy atom. The van der Waals surface area contributed by atoms with Crippen molar-refractivity contribution in [3.8, 4) is 0 Å². The second-order valence-electron chi connectivity index (χ2n) is 6.97. The summed E-state index contributed by atoms with van der Waals surface area (Å²) >= 11 is 1.35. The number of thioether (sulfide) groups is 1. The van der Waals surface area contributed by atoms with Crippen LogP contribution in [-0.2, 0) is 4.79 Å². The molecule has 7 heteroatoms. The SMILES string of the molecule is C[C@@H](c1ccccc1)N1CCN(C(=O)CSc2nnc(C3CC3)o2)CC1. The van der Waals surface area contributed by atoms with Gasteiger partial charge in [0.15, 0.2) is 0 Å². The summed E-state index contributed by atoms with van der Waals surface area (Å²) in [6.07, 6.45) is 2.27. The minimum atomic E-state index is 0.146. The molecule has 0 unspecified atom stereocenters. The Morgan fingerprint density at radius 2 is 1.92 bits per heavy atom. The second-order valence-corrected chi connectivity index (χ2v) is 7.90. The minimum Gasteiger partial charge on any atom is -0.416 e. The zero-order valence-corrected chi connectivity index (χ0v) is 15.8. The first-order valence-electron chi connectivity index (χ1n) is 9.23. The van der Waals surface area contributed by atoms with E-state index >= 15 is 0 Å². The summed E-state index contributed by atoms with van der Waals surface area (Å²) in [5.74, 6) is 1.68. The van der Waals surface area contributed by atoms with Crippen LogP contribution in [0.5, 0.6) is 0 Å². The van der Waals surface area contributed by atoms with Gasteiger partial charge in [-0.05, 0) is 25.3 Å². The Labute approximate surface area is 157 Å². The lowest BCUT2D eigenvalue weighted by atomic mass is 10.1. The van der Waals surface area contributed by atoms with Crippen LogP contribution in [0.2, 0.25) is 0 Å². The molecule has 1 atom stereocenters. The second kappa shape index (κ2) is 7.80. The minimum absolute atomic E-state index is 0.146. The quantitative estimate of drug-likeness (QED) is 0.727. The maximum atomic E-state index is 12.5. The van der Waals surface area contributed by atoms with E-state index in [2.05, 4.69) is 46.3 Å². The molecular weight excluding hydrogens is 348 g/mol. The van der Waals surface area contributed by atoms with Crippen LogP contribution < -0.4 is 0 Å². The van der Waals surface area contributed by atoms with Crippen LogP contribution in [0.1, 0.15) is 43.2 Å². The number of carbonyl (C=O) groups excluding carboxylic acids is 1. The molecule has 0 bridgehead atoms. The van der Waals surface area contributed by atoms with E-state index in [0.29, 0.717) is 22.9 Å². The van der Waals surface area contributed by atoms with Gasteiger partial charge in [0.05, 0.1) is 5.75 Å². The fourth-order valence-electron chi connectivity index (χ4n) is 3.29. The highest BCUT2D eigenvalue weighted by atomic mass is 32.2. The van der Waals surface area contributed by atoms with Crippen LogP contribution in [0.15, 0.2) is 40.0 Å². The van der Waals surface area contributed by atoms with Gasteiger partial charge in [0, 0.05) is 38.1 Å². The standard InChI is InChI=1S/C19H24N4O2S/c1-14(15-5-3-2-4-6-15)22-9-11-23(12-10-22)17(24)13-26-19-21-20-18(25-19)16-7-8-16/h2-6,14,16H,7-13H2,1H3/t14-/m0/s1. The van der Waals surface area contributed by atoms with Gasteiger partial charge in [-0.15, -0.1) is 10.2 Å². The highest BCUT2D eigenvalue weighted by molar-refractivity contribution is 7.99. The Morgan fingerprint density at radius 1 is 1.19 bits per heavy atom. The molecule has 0 radical (unpaired) electrons. The van der Waals surface area contributed by atoms with Crippen molar-refractivity contribution >= 4 is 17.7 Å². The molecule has 2 aromatic rings. The number of rotatable bonds is 6. The van der Waals surface area contributed by atoms with Crippen molar-refractivity contribution in [1.29, 1.82) is 0 Å². The first-order valence-corrected chi connectivity index (χ1v) is 10.2. The summed E-state index contributed by atoms with van der Waals surface area (Å²) in [6.45, 7) is 5.58. The third-order valence-corrected chi connectivity index (χ3v) is 5.97. The highest BCUT2D eigenvalue weighted by Gasteiger charge is 2.30. The van der Waals surface area contributed by atoms with E-state index in [4.69, 9.17) is 4.42 Å². The van der Waals surface area contributed by atoms with E-state index in [1.165, 1.54) is 17.3 Å². The fraction of sp³-hybridized carbons (Fsp3) is 0.526. The lowest BCUT2D eigenvalue weighted by Gasteiger charge is -2.38. The van der Waals surface area contributed by atoms with Gasteiger partial charge in [0.1, 0.15) is 0 Å². The molecule has 1 aromatic heterocycles. The molecule has 26 heavy (non-hydrogen) atoms. The lowest BCUT2D eigenvalue weighted by Crippen LogP contribution is -2.49. The van der Waals surface area contributed by atoms with Crippen molar-refractivity contribution in [2.24, 2.45) is 0 Å². The normalized spacial score (nSPS) is 19.5. The number of hydrogen-bond acceptors (Lipinski definition) is 6. The molecule has 1 saturated heterocycles. The molecule has 2 aliphatic rings. The summed E-state index contributed by atoms with van der Waals surface area (Å²) in [6, 6.07) is 10.9. The third-order valence-electron chi connectivity index (χ3n) is 5.16. The van der Waals surface area contributed by atoms with Crippen molar-refractivity contribution in [2.45, 2.75) is 36.9 Å². The summed E-state index contributed by atoms with van der Waals surface area (Å²) in [5, 5.41) is 8.60. The molecular formula is C19H24N4O2S. The lowest BCUT2D eigenvalue weighted by molar-refractivity contribution is -0.130. The van der Waals surface area contributed by atoms with Crippen LogP contribution in [0.3, 0.4) is 0 Å². The van der Waals surface area contributed by atoms with Crippen LogP contribution in [0.25, 0.3) is 0 Å². The molecule has 138 valence electrons. The van der Waals surface area contributed by atoms with E-state index in [1.54, 1.807) is 0 Å². The number of nitrogens with zero attached hydrogens (tertiary/aromatic N) is 4. The summed E-state index contributed by atoms with van der Waals surface area (Å²) < 4.78 is 5.60. The van der Waals surface area contributed by atoms with Gasteiger partial charge in [0.25, 0.3) is 5.22 Å². The molecule has 1 aromatic carbocycles. The molecule has 4 rings (SSSR count). The van der Waals surface area contributed by atoms with E-state index in [0.717, 1.165) is 44.9 Å². The summed E-state index contributed by atoms with van der Waals surface area (Å²) in [7, 11) is 0. The Kier molecular flexibility index (Phi) is 5.26. The number of benzene rings is 1. The monoisotopic (exact) mass is 372 g/mol. The zero-order chi connectivity index (χ0) is 17.9. The molecule has 1 aliphatic carbocycles. The van der Waals surface area contributed by atoms with Crippen LogP contribution >= 0.6 is 11.8 Å². The summed E-state index contributed by atoms with van der Waals surface area (Å²) in [4.78, 5) is 16.8. The predicted molar refractivity (Wildman–Crippen MR) is 100 cm³/mol. The van der Waals surface area contributed by atoms with Gasteiger partial charge in [-0.25, -0.2) is 0 Å². The first-order chi connectivity index (χ1) is 12.7. The molecule has 1 saturated carbocycles. The van der Waals surface area contributed by atoms with Gasteiger partial charge in [-0.2, -0.15) is 0 Å². The number of amides is 1. The van der Waals surface area contributed by atoms with E-state index in [-0.39, 0.29) is 5.91 Å². The van der Waals surface area contributed by atoms with Crippen LogP contribution in [0, 0.1) is 0 Å². The van der Waals surface area contributed by atoms with E-state index in [9.17, 15) is 4.79 Å². The molecule has 1 aliphatic heterocycles. The van der Waals surface area contributed by atoms with Crippen molar-refractivity contribution in [3.05, 3.63) is 41.8 Å². The number of carbonyl (C=O) groups is 1. The molecule has 0 N–H and O–H groups in total. The Bertz CT molecular complexity index is 739. The highest BCUT2D eigenvalue weighted by Crippen LogP contribution is 2.39. The largest absolute Gasteiger partial charge is 0.416 e. The molecule has 1 amide bonds. The predicted octanol–water partition coefficient (Wildman–Crippen LogP) is 2.94. The van der Waals surface area contributed by atoms with Gasteiger partial charge in [0.2, 0.25) is 11.8 Å². The van der Waals surface area contributed by atoms with Crippen LogP contribution in [-0.4, -0.2) is 57.8 Å². The molecule has 2 heterocycles. The Hall–Kier alpha value is -1.86. The molecule has 2 fully saturated rings. The topological polar surface area (TPSA) is 62.5 Å². The third kappa shape index (κ3) is 4.10. The van der Waals surface area contributed by atoms with Gasteiger partial charge in [-0.1, -0.05) is 42.1 Å². The number of aromatic nitrogens is 2. The van der Waals surface area contributed by atoms with Crippen molar-refractivity contribution in [1.82, 2.24) is 20.0 Å². The zero-order valence-electron chi connectivity index (χ0n) is 15.0. The smallest absolute Gasteiger partial charge is 0.277 e. The van der Waals surface area contributed by atoms with Crippen LogP contribution in [0.4, 0.5) is 0 Å². The van der Waals surface area contributed by atoms with Crippen molar-refractivity contribution < 1.29 is 9.21 Å². The van der Waals surface area contributed by atoms with Gasteiger partial charge < -0.3 is 9.32 Å². The molecule has 0 spiro atoms. The molecule has 6 nitrogen and oxygen atoms in total. The average Bonchev–Trinajstić information content (AvgIpc) is 3.44. The average molecular weight is 372 g/mol. The van der Waals surface area contributed by atoms with Crippen molar-refractivity contribution in [3.63, 3.8) is 0 Å². The maximum Gasteiger partial charge on any atom is 0.277 e. The Balaban J connectivity index is 1.24. The maximum absolute atomic E-state index is 12.5. The first kappa shape index (κ1) is 17.5. The van der Waals surface area contributed by atoms with E-state index < -0.39 is 0 Å². The van der Waals surface area contributed by atoms with Crippen molar-refractivity contribution in [2.75, 3.05) is 31.9 Å². The fourth-order valence-corrected chi connectivity index (χ4v) is 3.96. The number of piperazine rings is 1. The summed E-state index contributed by atoms with van der Waals surface area (Å²) in [5.41, 5.74) is 1.32.